The van der Waals surface area contributed by atoms with Crippen molar-refractivity contribution >= 4 is 16.8 Å². The maximum Gasteiger partial charge on any atom is 0.221 e. The monoisotopic (exact) mass is 523 g/mol. The highest BCUT2D eigenvalue weighted by Gasteiger charge is 2.24. The maximum atomic E-state index is 13.5. The van der Waals surface area contributed by atoms with E-state index in [4.69, 9.17) is 9.47 Å². The lowest BCUT2D eigenvalue weighted by Gasteiger charge is -2.19. The molecule has 0 saturated carbocycles. The van der Waals surface area contributed by atoms with E-state index >= 15 is 0 Å². The second kappa shape index (κ2) is 11.8. The molecular formula is C32H30FN3O3. The predicted molar refractivity (Wildman–Crippen MR) is 150 cm³/mol. The van der Waals surface area contributed by atoms with Crippen LogP contribution >= 0.6 is 0 Å². The Balaban J connectivity index is 1.54. The second-order valence-electron chi connectivity index (χ2n) is 9.40. The minimum absolute atomic E-state index is 0.0824. The van der Waals surface area contributed by atoms with Crippen LogP contribution in [0.3, 0.4) is 0 Å². The number of halogens is 1. The summed E-state index contributed by atoms with van der Waals surface area (Å²) < 4.78 is 26.8. The summed E-state index contributed by atoms with van der Waals surface area (Å²) in [6.07, 6.45) is 5.77. The number of methoxy groups -OCH3 is 2. The molecule has 1 N–H and O–H groups in total. The molecule has 6 nitrogen and oxygen atoms in total. The van der Waals surface area contributed by atoms with Crippen molar-refractivity contribution in [1.82, 2.24) is 14.9 Å². The van der Waals surface area contributed by atoms with E-state index in [0.29, 0.717) is 24.6 Å². The van der Waals surface area contributed by atoms with Gasteiger partial charge in [0.1, 0.15) is 17.3 Å². The molecule has 7 heteroatoms. The average molecular weight is 524 g/mol. The smallest absolute Gasteiger partial charge is 0.221 e. The molecule has 0 radical (unpaired) electrons. The number of carbonyl (C=O) groups excluding carboxylic acids is 1. The van der Waals surface area contributed by atoms with E-state index in [1.165, 1.54) is 12.1 Å². The number of aromatic nitrogens is 2. The fourth-order valence-electron chi connectivity index (χ4n) is 4.87. The Bertz CT molecular complexity index is 1540. The largest absolute Gasteiger partial charge is 0.497 e. The molecule has 2 aromatic heterocycles. The minimum atomic E-state index is -0.276. The van der Waals surface area contributed by atoms with Crippen molar-refractivity contribution in [3.63, 3.8) is 0 Å². The molecule has 0 spiro atoms. The van der Waals surface area contributed by atoms with Crippen molar-refractivity contribution in [1.29, 1.82) is 0 Å². The van der Waals surface area contributed by atoms with E-state index < -0.39 is 0 Å². The molecule has 0 aliphatic rings. The van der Waals surface area contributed by atoms with E-state index in [1.807, 2.05) is 42.5 Å². The number of carbonyl (C=O) groups is 1. The van der Waals surface area contributed by atoms with E-state index in [9.17, 15) is 9.18 Å². The number of hydrogen-bond acceptors (Lipinski definition) is 4. The number of para-hydroxylation sites is 1. The van der Waals surface area contributed by atoms with Crippen LogP contribution in [0.2, 0.25) is 0 Å². The molecule has 0 saturated heterocycles. The maximum absolute atomic E-state index is 13.5. The zero-order valence-corrected chi connectivity index (χ0v) is 21.9. The van der Waals surface area contributed by atoms with Crippen LogP contribution in [0.1, 0.15) is 34.6 Å². The van der Waals surface area contributed by atoms with Crippen molar-refractivity contribution in [2.75, 3.05) is 14.2 Å². The summed E-state index contributed by atoms with van der Waals surface area (Å²) in [4.78, 5) is 17.4. The first kappa shape index (κ1) is 26.0. The van der Waals surface area contributed by atoms with E-state index in [0.717, 1.165) is 33.2 Å². The molecule has 0 fully saturated rings. The lowest BCUT2D eigenvalue weighted by Crippen LogP contribution is -2.25. The topological polar surface area (TPSA) is 65.4 Å². The lowest BCUT2D eigenvalue weighted by molar-refractivity contribution is -0.121. The molecule has 5 rings (SSSR count). The number of benzene rings is 3. The summed E-state index contributed by atoms with van der Waals surface area (Å²) in [5.74, 6) is 0.685. The van der Waals surface area contributed by atoms with Crippen LogP contribution in [0, 0.1) is 5.82 Å². The SMILES string of the molecule is COc1cc(OC)cc(C(CC(=O)NCc2cccnc2)c2cn(Cc3ccc(F)cc3)c3ccccc23)c1. The highest BCUT2D eigenvalue weighted by Crippen LogP contribution is 2.38. The van der Waals surface area contributed by atoms with E-state index in [2.05, 4.69) is 33.2 Å². The van der Waals surface area contributed by atoms with Crippen molar-refractivity contribution in [3.8, 4) is 11.5 Å². The van der Waals surface area contributed by atoms with Crippen molar-refractivity contribution < 1.29 is 18.7 Å². The summed E-state index contributed by atoms with van der Waals surface area (Å²) in [5.41, 5.74) is 4.87. The number of ether oxygens (including phenoxy) is 2. The van der Waals surface area contributed by atoms with Crippen molar-refractivity contribution in [2.24, 2.45) is 0 Å². The van der Waals surface area contributed by atoms with Gasteiger partial charge >= 0.3 is 0 Å². The van der Waals surface area contributed by atoms with Gasteiger partial charge in [0.15, 0.2) is 0 Å². The fraction of sp³-hybridized carbons (Fsp3) is 0.188. The third-order valence-electron chi connectivity index (χ3n) is 6.84. The first-order valence-corrected chi connectivity index (χ1v) is 12.7. The molecule has 5 aromatic rings. The lowest BCUT2D eigenvalue weighted by atomic mass is 9.87. The summed E-state index contributed by atoms with van der Waals surface area (Å²) in [5, 5.41) is 4.09. The van der Waals surface area contributed by atoms with Gasteiger partial charge in [0.05, 0.1) is 14.2 Å². The Kier molecular flexibility index (Phi) is 7.87. The van der Waals surface area contributed by atoms with Gasteiger partial charge in [-0.3, -0.25) is 9.78 Å². The summed E-state index contributed by atoms with van der Waals surface area (Å²) in [6, 6.07) is 24.2. The first-order chi connectivity index (χ1) is 19.0. The summed E-state index contributed by atoms with van der Waals surface area (Å²) in [7, 11) is 3.23. The fourth-order valence-corrected chi connectivity index (χ4v) is 4.87. The Morgan fingerprint density at radius 1 is 0.949 bits per heavy atom. The third-order valence-corrected chi connectivity index (χ3v) is 6.84. The molecule has 2 heterocycles. The quantitative estimate of drug-likeness (QED) is 0.241. The van der Waals surface area contributed by atoms with Crippen LogP contribution in [-0.4, -0.2) is 29.7 Å². The van der Waals surface area contributed by atoms with Gasteiger partial charge in [-0.25, -0.2) is 4.39 Å². The third kappa shape index (κ3) is 6.09. The Morgan fingerprint density at radius 3 is 2.38 bits per heavy atom. The van der Waals surface area contributed by atoms with Crippen LogP contribution in [0.25, 0.3) is 10.9 Å². The van der Waals surface area contributed by atoms with Gasteiger partial charge in [-0.05, 0) is 58.7 Å². The van der Waals surface area contributed by atoms with Crippen LogP contribution in [0.5, 0.6) is 11.5 Å². The van der Waals surface area contributed by atoms with E-state index in [1.54, 1.807) is 38.7 Å². The van der Waals surface area contributed by atoms with Crippen LogP contribution in [0.4, 0.5) is 4.39 Å². The van der Waals surface area contributed by atoms with Gasteiger partial charge in [-0.1, -0.05) is 36.4 Å². The van der Waals surface area contributed by atoms with Gasteiger partial charge in [0.2, 0.25) is 5.91 Å². The average Bonchev–Trinajstić information content (AvgIpc) is 3.34. The predicted octanol–water partition coefficient (Wildman–Crippen LogP) is 6.08. The highest BCUT2D eigenvalue weighted by atomic mass is 19.1. The number of amides is 1. The highest BCUT2D eigenvalue weighted by molar-refractivity contribution is 5.87. The molecule has 1 atom stereocenters. The molecule has 39 heavy (non-hydrogen) atoms. The van der Waals surface area contributed by atoms with Crippen LogP contribution < -0.4 is 14.8 Å². The standard InChI is InChI=1S/C32H30FN3O3/c1-38-26-14-24(15-27(16-26)39-2)29(17-32(37)35-19-23-6-5-13-34-18-23)30-21-36(31-8-4-3-7-28(30)31)20-22-9-11-25(33)12-10-22/h3-16,18,21,29H,17,19-20H2,1-2H3,(H,35,37). The second-order valence-corrected chi connectivity index (χ2v) is 9.40. The number of nitrogens with one attached hydrogen (secondary N) is 1. The Hall–Kier alpha value is -4.65. The molecule has 1 amide bonds. The van der Waals surface area contributed by atoms with Crippen molar-refractivity contribution in [2.45, 2.75) is 25.4 Å². The van der Waals surface area contributed by atoms with Crippen LogP contribution in [0.15, 0.2) is 97.5 Å². The molecule has 0 aliphatic heterocycles. The Morgan fingerprint density at radius 2 is 1.69 bits per heavy atom. The number of fused-ring (bicyclic) bond motifs is 1. The zero-order chi connectivity index (χ0) is 27.2. The molecule has 0 aliphatic carbocycles. The van der Waals surface area contributed by atoms with Crippen LogP contribution in [-0.2, 0) is 17.9 Å². The number of pyridine rings is 1. The Labute approximate surface area is 227 Å². The molecule has 0 bridgehead atoms. The summed E-state index contributed by atoms with van der Waals surface area (Å²) in [6.45, 7) is 0.968. The minimum Gasteiger partial charge on any atom is -0.497 e. The summed E-state index contributed by atoms with van der Waals surface area (Å²) >= 11 is 0. The van der Waals surface area contributed by atoms with Gasteiger partial charge < -0.3 is 19.4 Å². The van der Waals surface area contributed by atoms with Gasteiger partial charge in [-0.15, -0.1) is 0 Å². The number of hydrogen-bond donors (Lipinski definition) is 1. The molecule has 3 aromatic carbocycles. The van der Waals surface area contributed by atoms with Crippen molar-refractivity contribution in [3.05, 3.63) is 126 Å². The number of nitrogens with zero attached hydrogens (tertiary/aromatic N) is 2. The molecule has 198 valence electrons. The van der Waals surface area contributed by atoms with E-state index in [-0.39, 0.29) is 24.1 Å². The normalized spacial score (nSPS) is 11.8. The zero-order valence-electron chi connectivity index (χ0n) is 21.9. The number of rotatable bonds is 10. The van der Waals surface area contributed by atoms with Gasteiger partial charge in [0.25, 0.3) is 0 Å². The molecular weight excluding hydrogens is 493 g/mol. The van der Waals surface area contributed by atoms with Gasteiger partial charge in [0, 0.05) is 61.0 Å². The first-order valence-electron chi connectivity index (χ1n) is 12.7. The molecule has 1 unspecified atom stereocenters. The van der Waals surface area contributed by atoms with Gasteiger partial charge in [-0.2, -0.15) is 0 Å².